The molecule has 4 heteroatoms. The number of hydrogen-bond acceptors (Lipinski definition) is 1. The number of halogens is 2. The molecule has 0 aromatic heterocycles. The summed E-state index contributed by atoms with van der Waals surface area (Å²) in [7, 11) is 0. The highest BCUT2D eigenvalue weighted by atomic mass is 35.5. The first-order chi connectivity index (χ1) is 7.98. The first-order valence-corrected chi connectivity index (χ1v) is 6.06. The number of carbonyl (C=O) groups is 1. The summed E-state index contributed by atoms with van der Waals surface area (Å²) < 4.78 is 13.6. The lowest BCUT2D eigenvalue weighted by Crippen LogP contribution is -2.13. The van der Waals surface area contributed by atoms with Gasteiger partial charge in [0.05, 0.1) is 11.4 Å². The van der Waals surface area contributed by atoms with Crippen LogP contribution in [-0.4, -0.2) is 11.1 Å². The molecule has 1 saturated carbocycles. The summed E-state index contributed by atoms with van der Waals surface area (Å²) in [5.74, 6) is -1.20. The highest BCUT2D eigenvalue weighted by Gasteiger charge is 2.46. The highest BCUT2D eigenvalue weighted by Crippen LogP contribution is 2.51. The topological polar surface area (TPSA) is 37.3 Å². The van der Waals surface area contributed by atoms with Crippen molar-refractivity contribution in [2.45, 2.75) is 38.0 Å². The third-order valence-electron chi connectivity index (χ3n) is 3.44. The van der Waals surface area contributed by atoms with Gasteiger partial charge >= 0.3 is 5.97 Å². The molecular formula is C13H14ClFO2. The fourth-order valence-corrected chi connectivity index (χ4v) is 2.46. The van der Waals surface area contributed by atoms with E-state index in [1.807, 2.05) is 6.92 Å². The second-order valence-electron chi connectivity index (χ2n) is 4.64. The standard InChI is InChI=1S/C13H14ClFO2/c1-2-8-5-9(6-10(14)12(8)15)13(3-4-13)7-11(16)17/h5-6H,2-4,7H2,1H3,(H,16,17). The van der Waals surface area contributed by atoms with Gasteiger partial charge in [0.2, 0.25) is 0 Å². The zero-order valence-electron chi connectivity index (χ0n) is 9.59. The van der Waals surface area contributed by atoms with E-state index in [4.69, 9.17) is 16.7 Å². The number of hydrogen-bond donors (Lipinski definition) is 1. The average Bonchev–Trinajstić information content (AvgIpc) is 3.01. The van der Waals surface area contributed by atoms with Crippen LogP contribution in [0, 0.1) is 5.82 Å². The molecule has 0 atom stereocenters. The molecule has 1 aliphatic rings. The highest BCUT2D eigenvalue weighted by molar-refractivity contribution is 6.30. The fraction of sp³-hybridized carbons (Fsp3) is 0.462. The minimum absolute atomic E-state index is 0.0935. The number of carboxylic acid groups (broad SMARTS) is 1. The summed E-state index contributed by atoms with van der Waals surface area (Å²) in [5, 5.41) is 8.99. The molecule has 1 fully saturated rings. The number of benzene rings is 1. The maximum atomic E-state index is 13.6. The van der Waals surface area contributed by atoms with Gasteiger partial charge in [-0.05, 0) is 36.5 Å². The van der Waals surface area contributed by atoms with Crippen molar-refractivity contribution >= 4 is 17.6 Å². The molecule has 2 rings (SSSR count). The van der Waals surface area contributed by atoms with Crippen molar-refractivity contribution in [2.75, 3.05) is 0 Å². The summed E-state index contributed by atoms with van der Waals surface area (Å²) in [6, 6.07) is 3.34. The van der Waals surface area contributed by atoms with E-state index in [0.29, 0.717) is 12.0 Å². The van der Waals surface area contributed by atoms with Gasteiger partial charge in [0.25, 0.3) is 0 Å². The molecule has 2 nitrogen and oxygen atoms in total. The first-order valence-electron chi connectivity index (χ1n) is 5.69. The van der Waals surface area contributed by atoms with Gasteiger partial charge in [-0.2, -0.15) is 0 Å². The van der Waals surface area contributed by atoms with E-state index in [2.05, 4.69) is 0 Å². The second kappa shape index (κ2) is 4.30. The fourth-order valence-electron chi connectivity index (χ4n) is 2.22. The second-order valence-corrected chi connectivity index (χ2v) is 5.04. The number of aliphatic carboxylic acids is 1. The summed E-state index contributed by atoms with van der Waals surface area (Å²) in [6.07, 6.45) is 2.33. The average molecular weight is 257 g/mol. The maximum absolute atomic E-state index is 13.6. The Hall–Kier alpha value is -1.09. The Morgan fingerprint density at radius 3 is 2.65 bits per heavy atom. The van der Waals surface area contributed by atoms with E-state index in [9.17, 15) is 9.18 Å². The zero-order valence-corrected chi connectivity index (χ0v) is 10.4. The van der Waals surface area contributed by atoms with Crippen LogP contribution in [0.3, 0.4) is 0 Å². The molecule has 1 aromatic rings. The van der Waals surface area contributed by atoms with E-state index in [1.165, 1.54) is 0 Å². The molecule has 1 N–H and O–H groups in total. The maximum Gasteiger partial charge on any atom is 0.304 e. The molecule has 0 saturated heterocycles. The zero-order chi connectivity index (χ0) is 12.6. The van der Waals surface area contributed by atoms with Crippen molar-refractivity contribution in [3.8, 4) is 0 Å². The van der Waals surface area contributed by atoms with Crippen LogP contribution in [0.15, 0.2) is 12.1 Å². The van der Waals surface area contributed by atoms with Gasteiger partial charge in [0, 0.05) is 5.41 Å². The van der Waals surface area contributed by atoms with Crippen molar-refractivity contribution < 1.29 is 14.3 Å². The Bertz CT molecular complexity index is 467. The minimum Gasteiger partial charge on any atom is -0.481 e. The van der Waals surface area contributed by atoms with Gasteiger partial charge in [-0.3, -0.25) is 4.79 Å². The molecule has 0 radical (unpaired) electrons. The van der Waals surface area contributed by atoms with Crippen LogP contribution in [0.4, 0.5) is 4.39 Å². The van der Waals surface area contributed by atoms with Crippen LogP contribution in [-0.2, 0) is 16.6 Å². The predicted molar refractivity (Wildman–Crippen MR) is 64.0 cm³/mol. The molecule has 1 aromatic carbocycles. The van der Waals surface area contributed by atoms with Gasteiger partial charge < -0.3 is 5.11 Å². The van der Waals surface area contributed by atoms with E-state index >= 15 is 0 Å². The number of carboxylic acids is 1. The first kappa shape index (κ1) is 12.4. The van der Waals surface area contributed by atoms with Crippen LogP contribution in [0.2, 0.25) is 5.02 Å². The Kier molecular flexibility index (Phi) is 3.13. The molecule has 0 heterocycles. The lowest BCUT2D eigenvalue weighted by Gasteiger charge is -2.15. The van der Waals surface area contributed by atoms with Gasteiger partial charge in [0.1, 0.15) is 5.82 Å². The van der Waals surface area contributed by atoms with Gasteiger partial charge in [0.15, 0.2) is 0 Å². The van der Waals surface area contributed by atoms with Crippen molar-refractivity contribution in [3.63, 3.8) is 0 Å². The van der Waals surface area contributed by atoms with E-state index in [-0.39, 0.29) is 22.7 Å². The van der Waals surface area contributed by atoms with Crippen LogP contribution in [0.5, 0.6) is 0 Å². The Morgan fingerprint density at radius 1 is 1.53 bits per heavy atom. The molecule has 0 spiro atoms. The largest absolute Gasteiger partial charge is 0.481 e. The number of rotatable bonds is 4. The van der Waals surface area contributed by atoms with Gasteiger partial charge in [-0.25, -0.2) is 4.39 Å². The molecule has 0 bridgehead atoms. The smallest absolute Gasteiger partial charge is 0.304 e. The van der Waals surface area contributed by atoms with E-state index in [1.54, 1.807) is 12.1 Å². The van der Waals surface area contributed by atoms with Crippen molar-refractivity contribution in [1.82, 2.24) is 0 Å². The van der Waals surface area contributed by atoms with Crippen molar-refractivity contribution in [2.24, 2.45) is 0 Å². The molecule has 1 aliphatic carbocycles. The summed E-state index contributed by atoms with van der Waals surface area (Å²) in [5.41, 5.74) is 1.11. The summed E-state index contributed by atoms with van der Waals surface area (Å²) in [6.45, 7) is 1.86. The number of aryl methyl sites for hydroxylation is 1. The normalized spacial score (nSPS) is 16.9. The van der Waals surface area contributed by atoms with Crippen LogP contribution < -0.4 is 0 Å². The van der Waals surface area contributed by atoms with E-state index < -0.39 is 5.97 Å². The van der Waals surface area contributed by atoms with Gasteiger partial charge in [-0.15, -0.1) is 0 Å². The molecule has 17 heavy (non-hydrogen) atoms. The van der Waals surface area contributed by atoms with Gasteiger partial charge in [-0.1, -0.05) is 24.6 Å². The monoisotopic (exact) mass is 256 g/mol. The minimum atomic E-state index is -0.819. The Morgan fingerprint density at radius 2 is 2.18 bits per heavy atom. The summed E-state index contributed by atoms with van der Waals surface area (Å²) in [4.78, 5) is 10.8. The van der Waals surface area contributed by atoms with Crippen LogP contribution >= 0.6 is 11.6 Å². The quantitative estimate of drug-likeness (QED) is 0.895. The lowest BCUT2D eigenvalue weighted by molar-refractivity contribution is -0.137. The molecule has 0 amide bonds. The Balaban J connectivity index is 2.40. The molecular weight excluding hydrogens is 243 g/mol. The van der Waals surface area contributed by atoms with Crippen molar-refractivity contribution in [1.29, 1.82) is 0 Å². The SMILES string of the molecule is CCc1cc(C2(CC(=O)O)CC2)cc(Cl)c1F. The van der Waals surface area contributed by atoms with Crippen LogP contribution in [0.25, 0.3) is 0 Å². The van der Waals surface area contributed by atoms with Crippen molar-refractivity contribution in [3.05, 3.63) is 34.1 Å². The third kappa shape index (κ3) is 2.29. The molecule has 92 valence electrons. The predicted octanol–water partition coefficient (Wildman–Crippen LogP) is 3.55. The molecule has 0 aliphatic heterocycles. The van der Waals surface area contributed by atoms with E-state index in [0.717, 1.165) is 18.4 Å². The summed E-state index contributed by atoms with van der Waals surface area (Å²) >= 11 is 5.85. The molecule has 0 unspecified atom stereocenters. The third-order valence-corrected chi connectivity index (χ3v) is 3.72. The van der Waals surface area contributed by atoms with Crippen LogP contribution in [0.1, 0.15) is 37.3 Å². The Labute approximate surface area is 104 Å². The lowest BCUT2D eigenvalue weighted by atomic mass is 9.90.